The molecule has 0 aliphatic rings. The maximum absolute atomic E-state index is 12.1. The van der Waals surface area contributed by atoms with Crippen LogP contribution in [0.15, 0.2) is 58.9 Å². The predicted octanol–water partition coefficient (Wildman–Crippen LogP) is 3.85. The van der Waals surface area contributed by atoms with Crippen molar-refractivity contribution in [2.45, 2.75) is 10.9 Å². The third-order valence-electron chi connectivity index (χ3n) is 3.39. The summed E-state index contributed by atoms with van der Waals surface area (Å²) >= 11 is 8.30. The number of hydrogen-bond donors (Lipinski definition) is 2. The van der Waals surface area contributed by atoms with Crippen molar-refractivity contribution >= 4 is 51.6 Å². The van der Waals surface area contributed by atoms with Crippen LogP contribution in [-0.4, -0.2) is 27.8 Å². The molecule has 2 amide bonds. The molecule has 1 heterocycles. The molecule has 0 aliphatic carbocycles. The number of carbonyl (C=O) groups is 2. The van der Waals surface area contributed by atoms with Crippen molar-refractivity contribution < 1.29 is 9.59 Å². The minimum absolute atomic E-state index is 0.0918. The Hall–Kier alpha value is -2.42. The van der Waals surface area contributed by atoms with E-state index < -0.39 is 0 Å². The number of nitrogens with zero attached hydrogens (tertiary/aromatic N) is 2. The fourth-order valence-electron chi connectivity index (χ4n) is 2.06. The molecule has 0 spiro atoms. The van der Waals surface area contributed by atoms with Gasteiger partial charge in [0.15, 0.2) is 4.34 Å². The second-order valence-electron chi connectivity index (χ2n) is 5.39. The standard InChI is InChI=1S/C18H15ClN4O2S2/c19-14-8-6-13(7-9-14)16(25)21-17-22-23-18(27-17)26-11-15(24)20-10-12-4-2-1-3-5-12/h1-9H,10-11H2,(H,20,24)(H,21,22,25). The number of anilines is 1. The lowest BCUT2D eigenvalue weighted by Gasteiger charge is -2.03. The van der Waals surface area contributed by atoms with E-state index in [1.807, 2.05) is 30.3 Å². The Morgan fingerprint density at radius 1 is 1.04 bits per heavy atom. The van der Waals surface area contributed by atoms with E-state index in [0.717, 1.165) is 5.56 Å². The summed E-state index contributed by atoms with van der Waals surface area (Å²) in [6, 6.07) is 16.2. The molecule has 0 atom stereocenters. The summed E-state index contributed by atoms with van der Waals surface area (Å²) in [4.78, 5) is 24.1. The summed E-state index contributed by atoms with van der Waals surface area (Å²) in [6.07, 6.45) is 0. The third kappa shape index (κ3) is 6.06. The molecule has 1 aromatic heterocycles. The van der Waals surface area contributed by atoms with Gasteiger partial charge in [-0.3, -0.25) is 14.9 Å². The number of nitrogens with one attached hydrogen (secondary N) is 2. The van der Waals surface area contributed by atoms with Gasteiger partial charge in [-0.25, -0.2) is 0 Å². The lowest BCUT2D eigenvalue weighted by atomic mass is 10.2. The fraction of sp³-hybridized carbons (Fsp3) is 0.111. The van der Waals surface area contributed by atoms with Gasteiger partial charge in [-0.1, -0.05) is 65.0 Å². The molecule has 3 aromatic rings. The van der Waals surface area contributed by atoms with E-state index in [1.54, 1.807) is 24.3 Å². The average Bonchev–Trinajstić information content (AvgIpc) is 3.13. The van der Waals surface area contributed by atoms with Crippen LogP contribution in [0.1, 0.15) is 15.9 Å². The van der Waals surface area contributed by atoms with Crippen LogP contribution < -0.4 is 10.6 Å². The molecule has 0 fully saturated rings. The summed E-state index contributed by atoms with van der Waals surface area (Å²) in [5, 5.41) is 14.4. The molecule has 0 radical (unpaired) electrons. The Morgan fingerprint density at radius 2 is 1.78 bits per heavy atom. The van der Waals surface area contributed by atoms with Gasteiger partial charge in [0, 0.05) is 17.1 Å². The van der Waals surface area contributed by atoms with Gasteiger partial charge < -0.3 is 5.32 Å². The maximum Gasteiger partial charge on any atom is 0.257 e. The average molecular weight is 419 g/mol. The van der Waals surface area contributed by atoms with Crippen molar-refractivity contribution in [1.29, 1.82) is 0 Å². The molecule has 27 heavy (non-hydrogen) atoms. The van der Waals surface area contributed by atoms with Gasteiger partial charge in [-0.05, 0) is 29.8 Å². The topological polar surface area (TPSA) is 84.0 Å². The number of carbonyl (C=O) groups excluding carboxylic acids is 2. The Kier molecular flexibility index (Phi) is 6.80. The summed E-state index contributed by atoms with van der Waals surface area (Å²) in [5.41, 5.74) is 1.52. The van der Waals surface area contributed by atoms with Crippen molar-refractivity contribution in [2.75, 3.05) is 11.1 Å². The van der Waals surface area contributed by atoms with Gasteiger partial charge in [0.2, 0.25) is 11.0 Å². The number of thioether (sulfide) groups is 1. The molecule has 2 N–H and O–H groups in total. The molecular formula is C18H15ClN4O2S2. The highest BCUT2D eigenvalue weighted by Crippen LogP contribution is 2.25. The number of benzene rings is 2. The highest BCUT2D eigenvalue weighted by atomic mass is 35.5. The van der Waals surface area contributed by atoms with Crippen LogP contribution in [-0.2, 0) is 11.3 Å². The Balaban J connectivity index is 1.45. The Bertz CT molecular complexity index is 917. The molecule has 0 aliphatic heterocycles. The second kappa shape index (κ2) is 9.50. The number of aromatic nitrogens is 2. The van der Waals surface area contributed by atoms with Gasteiger partial charge in [0.1, 0.15) is 0 Å². The van der Waals surface area contributed by atoms with Crippen molar-refractivity contribution in [1.82, 2.24) is 15.5 Å². The van der Waals surface area contributed by atoms with E-state index in [2.05, 4.69) is 20.8 Å². The minimum Gasteiger partial charge on any atom is -0.351 e. The van der Waals surface area contributed by atoms with Gasteiger partial charge in [0.25, 0.3) is 5.91 Å². The second-order valence-corrected chi connectivity index (χ2v) is 8.02. The monoisotopic (exact) mass is 418 g/mol. The van der Waals surface area contributed by atoms with Gasteiger partial charge in [0.05, 0.1) is 5.75 Å². The van der Waals surface area contributed by atoms with E-state index in [9.17, 15) is 9.59 Å². The third-order valence-corrected chi connectivity index (χ3v) is 5.62. The zero-order valence-corrected chi connectivity index (χ0v) is 16.4. The van der Waals surface area contributed by atoms with Crippen molar-refractivity contribution in [3.05, 3.63) is 70.7 Å². The number of rotatable bonds is 7. The molecule has 3 rings (SSSR count). The van der Waals surface area contributed by atoms with Gasteiger partial charge in [-0.2, -0.15) is 0 Å². The zero-order valence-electron chi connectivity index (χ0n) is 14.0. The van der Waals surface area contributed by atoms with Crippen LogP contribution >= 0.6 is 34.7 Å². The maximum atomic E-state index is 12.1. The van der Waals surface area contributed by atoms with Crippen molar-refractivity contribution in [3.8, 4) is 0 Å². The number of amides is 2. The van der Waals surface area contributed by atoms with Crippen LogP contribution in [0.5, 0.6) is 0 Å². The first kappa shape index (κ1) is 19.3. The van der Waals surface area contributed by atoms with Gasteiger partial charge >= 0.3 is 0 Å². The SMILES string of the molecule is O=C(CSc1nnc(NC(=O)c2ccc(Cl)cc2)s1)NCc1ccccc1. The van der Waals surface area contributed by atoms with E-state index >= 15 is 0 Å². The number of hydrogen-bond acceptors (Lipinski definition) is 6. The van der Waals surface area contributed by atoms with E-state index in [1.165, 1.54) is 23.1 Å². The molecule has 2 aromatic carbocycles. The Morgan fingerprint density at radius 3 is 2.52 bits per heavy atom. The van der Waals surface area contributed by atoms with Crippen molar-refractivity contribution in [2.24, 2.45) is 0 Å². The minimum atomic E-state index is -0.292. The molecule has 6 nitrogen and oxygen atoms in total. The summed E-state index contributed by atoms with van der Waals surface area (Å²) in [6.45, 7) is 0.485. The smallest absolute Gasteiger partial charge is 0.257 e. The van der Waals surface area contributed by atoms with Crippen LogP contribution in [0.3, 0.4) is 0 Å². The first-order valence-corrected chi connectivity index (χ1v) is 10.1. The van der Waals surface area contributed by atoms with Crippen LogP contribution in [0.4, 0.5) is 5.13 Å². The van der Waals surface area contributed by atoms with Crippen LogP contribution in [0, 0.1) is 0 Å². The van der Waals surface area contributed by atoms with E-state index in [4.69, 9.17) is 11.6 Å². The molecule has 9 heteroatoms. The summed E-state index contributed by atoms with van der Waals surface area (Å²) < 4.78 is 0.608. The first-order valence-electron chi connectivity index (χ1n) is 7.94. The first-order chi connectivity index (χ1) is 13.1. The summed E-state index contributed by atoms with van der Waals surface area (Å²) in [7, 11) is 0. The fourth-order valence-corrected chi connectivity index (χ4v) is 3.77. The molecular weight excluding hydrogens is 404 g/mol. The highest BCUT2D eigenvalue weighted by Gasteiger charge is 2.12. The normalized spacial score (nSPS) is 10.4. The number of halogens is 1. The van der Waals surface area contributed by atoms with E-state index in [-0.39, 0.29) is 17.6 Å². The lowest BCUT2D eigenvalue weighted by Crippen LogP contribution is -2.24. The molecule has 0 unspecified atom stereocenters. The quantitative estimate of drug-likeness (QED) is 0.449. The van der Waals surface area contributed by atoms with E-state index in [0.29, 0.717) is 26.6 Å². The largest absolute Gasteiger partial charge is 0.351 e. The molecule has 138 valence electrons. The van der Waals surface area contributed by atoms with Crippen LogP contribution in [0.25, 0.3) is 0 Å². The lowest BCUT2D eigenvalue weighted by molar-refractivity contribution is -0.118. The molecule has 0 bridgehead atoms. The van der Waals surface area contributed by atoms with Crippen LogP contribution in [0.2, 0.25) is 5.02 Å². The van der Waals surface area contributed by atoms with Gasteiger partial charge in [-0.15, -0.1) is 10.2 Å². The Labute approximate surface area is 169 Å². The molecule has 0 saturated heterocycles. The summed E-state index contributed by atoms with van der Waals surface area (Å²) in [5.74, 6) is -0.155. The molecule has 0 saturated carbocycles. The zero-order chi connectivity index (χ0) is 19.1. The van der Waals surface area contributed by atoms with Crippen molar-refractivity contribution in [3.63, 3.8) is 0 Å². The highest BCUT2D eigenvalue weighted by molar-refractivity contribution is 8.01. The predicted molar refractivity (Wildman–Crippen MR) is 108 cm³/mol.